The molecular weight excluding hydrogens is 335 g/mol. The van der Waals surface area contributed by atoms with Gasteiger partial charge in [-0.2, -0.15) is 4.98 Å². The van der Waals surface area contributed by atoms with Gasteiger partial charge in [-0.15, -0.1) is 0 Å². The number of ether oxygens (including phenoxy) is 1. The molecule has 0 radical (unpaired) electrons. The quantitative estimate of drug-likeness (QED) is 0.804. The second kappa shape index (κ2) is 6.21. The zero-order valence-electron chi connectivity index (χ0n) is 10.1. The van der Waals surface area contributed by atoms with Gasteiger partial charge in [-0.05, 0) is 35.0 Å². The molecule has 100 valence electrons. The lowest BCUT2D eigenvalue weighted by Crippen LogP contribution is -1.99. The van der Waals surface area contributed by atoms with Crippen molar-refractivity contribution >= 4 is 33.3 Å². The average molecular weight is 346 g/mol. The van der Waals surface area contributed by atoms with Crippen molar-refractivity contribution in [2.24, 2.45) is 0 Å². The average Bonchev–Trinajstić information content (AvgIpc) is 2.37. The fourth-order valence-corrected chi connectivity index (χ4v) is 2.17. The van der Waals surface area contributed by atoms with Gasteiger partial charge in [0.1, 0.15) is 17.4 Å². The number of nitrogens with zero attached hydrogens (tertiary/aromatic N) is 1. The second-order valence-corrected chi connectivity index (χ2v) is 4.95. The number of anilines is 1. The maximum atomic E-state index is 13.4. The summed E-state index contributed by atoms with van der Waals surface area (Å²) >= 11 is 8.94. The highest BCUT2D eigenvalue weighted by molar-refractivity contribution is 9.10. The molecule has 0 aliphatic rings. The van der Waals surface area contributed by atoms with E-state index in [0.717, 1.165) is 6.54 Å². The summed E-state index contributed by atoms with van der Waals surface area (Å²) in [7, 11) is 0. The lowest BCUT2D eigenvalue weighted by molar-refractivity contribution is 0.456. The number of hydrogen-bond acceptors (Lipinski definition) is 3. The van der Waals surface area contributed by atoms with Crippen LogP contribution in [-0.2, 0) is 0 Å². The van der Waals surface area contributed by atoms with Gasteiger partial charge in [0, 0.05) is 18.7 Å². The molecule has 0 spiro atoms. The van der Waals surface area contributed by atoms with Gasteiger partial charge in [0.25, 0.3) is 0 Å². The number of nitrogens with one attached hydrogen (secondary N) is 1. The van der Waals surface area contributed by atoms with Crippen LogP contribution in [0, 0.1) is 5.82 Å². The molecule has 1 aromatic carbocycles. The van der Waals surface area contributed by atoms with Crippen molar-refractivity contribution in [1.82, 2.24) is 4.98 Å². The van der Waals surface area contributed by atoms with E-state index in [1.165, 1.54) is 12.1 Å². The molecule has 1 N–H and O–H groups in total. The highest BCUT2D eigenvalue weighted by atomic mass is 79.9. The first-order valence-electron chi connectivity index (χ1n) is 5.63. The summed E-state index contributed by atoms with van der Waals surface area (Å²) < 4.78 is 19.5. The zero-order valence-corrected chi connectivity index (χ0v) is 12.4. The van der Waals surface area contributed by atoms with Crippen LogP contribution in [0.3, 0.4) is 0 Å². The Morgan fingerprint density at radius 2 is 2.21 bits per heavy atom. The number of hydrogen-bond donors (Lipinski definition) is 1. The standard InChI is InChI=1S/C13H11BrClFN2O/c1-2-17-12-4-3-5-13(18-12)19-11-7-10(16)9(15)6-8(11)14/h3-7H,2H2,1H3,(H,17,18). The van der Waals surface area contributed by atoms with Crippen molar-refractivity contribution in [1.29, 1.82) is 0 Å². The molecule has 0 bridgehead atoms. The topological polar surface area (TPSA) is 34.1 Å². The van der Waals surface area contributed by atoms with Crippen molar-refractivity contribution in [3.05, 3.63) is 45.6 Å². The largest absolute Gasteiger partial charge is 0.438 e. The smallest absolute Gasteiger partial charge is 0.221 e. The highest BCUT2D eigenvalue weighted by Gasteiger charge is 2.09. The summed E-state index contributed by atoms with van der Waals surface area (Å²) in [5, 5.41) is 3.11. The highest BCUT2D eigenvalue weighted by Crippen LogP contribution is 2.33. The third kappa shape index (κ3) is 3.58. The van der Waals surface area contributed by atoms with Gasteiger partial charge in [-0.1, -0.05) is 17.7 Å². The van der Waals surface area contributed by atoms with E-state index in [1.807, 2.05) is 13.0 Å². The maximum absolute atomic E-state index is 13.4. The fourth-order valence-electron chi connectivity index (χ4n) is 1.45. The molecule has 0 atom stereocenters. The first-order chi connectivity index (χ1) is 9.10. The Bertz CT molecular complexity index is 595. The van der Waals surface area contributed by atoms with Crippen molar-refractivity contribution < 1.29 is 9.13 Å². The van der Waals surface area contributed by atoms with Gasteiger partial charge in [0.15, 0.2) is 0 Å². The summed E-state index contributed by atoms with van der Waals surface area (Å²) in [6.45, 7) is 2.73. The maximum Gasteiger partial charge on any atom is 0.221 e. The molecular formula is C13H11BrClFN2O. The van der Waals surface area contributed by atoms with Gasteiger partial charge >= 0.3 is 0 Å². The predicted octanol–water partition coefficient (Wildman–Crippen LogP) is 4.86. The molecule has 0 aliphatic carbocycles. The van der Waals surface area contributed by atoms with E-state index in [2.05, 4.69) is 26.2 Å². The molecule has 2 rings (SSSR count). The van der Waals surface area contributed by atoms with Gasteiger partial charge < -0.3 is 10.1 Å². The normalized spacial score (nSPS) is 10.3. The first kappa shape index (κ1) is 14.1. The van der Waals surface area contributed by atoms with Crippen LogP contribution in [0.5, 0.6) is 11.6 Å². The van der Waals surface area contributed by atoms with Crippen LogP contribution in [0.4, 0.5) is 10.2 Å². The van der Waals surface area contributed by atoms with Gasteiger partial charge in [-0.3, -0.25) is 0 Å². The molecule has 0 amide bonds. The molecule has 1 aromatic heterocycles. The molecule has 1 heterocycles. The lowest BCUT2D eigenvalue weighted by atomic mass is 10.3. The molecule has 0 saturated heterocycles. The molecule has 0 fully saturated rings. The Morgan fingerprint density at radius 1 is 1.42 bits per heavy atom. The van der Waals surface area contributed by atoms with E-state index in [0.29, 0.717) is 21.9 Å². The van der Waals surface area contributed by atoms with Crippen LogP contribution in [0.2, 0.25) is 5.02 Å². The van der Waals surface area contributed by atoms with E-state index in [4.69, 9.17) is 16.3 Å². The minimum Gasteiger partial charge on any atom is -0.438 e. The van der Waals surface area contributed by atoms with Crippen LogP contribution in [-0.4, -0.2) is 11.5 Å². The number of rotatable bonds is 4. The monoisotopic (exact) mass is 344 g/mol. The summed E-state index contributed by atoms with van der Waals surface area (Å²) in [5.41, 5.74) is 0. The first-order valence-corrected chi connectivity index (χ1v) is 6.80. The Balaban J connectivity index is 2.25. The van der Waals surface area contributed by atoms with Crippen molar-refractivity contribution in [3.63, 3.8) is 0 Å². The molecule has 0 saturated carbocycles. The SMILES string of the molecule is CCNc1cccc(Oc2cc(F)c(Cl)cc2Br)n1. The third-order valence-electron chi connectivity index (χ3n) is 2.27. The Kier molecular flexibility index (Phi) is 4.61. The van der Waals surface area contributed by atoms with Gasteiger partial charge in [-0.25, -0.2) is 4.39 Å². The second-order valence-electron chi connectivity index (χ2n) is 3.69. The molecule has 0 unspecified atom stereocenters. The lowest BCUT2D eigenvalue weighted by Gasteiger charge is -2.09. The Hall–Kier alpha value is -1.33. The van der Waals surface area contributed by atoms with Crippen LogP contribution >= 0.6 is 27.5 Å². The van der Waals surface area contributed by atoms with E-state index in [-0.39, 0.29) is 5.02 Å². The summed E-state index contributed by atoms with van der Waals surface area (Å²) in [6, 6.07) is 7.99. The number of halogens is 3. The number of pyridine rings is 1. The van der Waals surface area contributed by atoms with Crippen LogP contribution in [0.25, 0.3) is 0 Å². The fraction of sp³-hybridized carbons (Fsp3) is 0.154. The predicted molar refractivity (Wildman–Crippen MR) is 77.6 cm³/mol. The molecule has 3 nitrogen and oxygen atoms in total. The van der Waals surface area contributed by atoms with Crippen molar-refractivity contribution in [3.8, 4) is 11.6 Å². The van der Waals surface area contributed by atoms with Crippen LogP contribution in [0.15, 0.2) is 34.8 Å². The summed E-state index contributed by atoms with van der Waals surface area (Å²) in [6.07, 6.45) is 0. The van der Waals surface area contributed by atoms with E-state index >= 15 is 0 Å². The van der Waals surface area contributed by atoms with Crippen LogP contribution < -0.4 is 10.1 Å². The van der Waals surface area contributed by atoms with Crippen molar-refractivity contribution in [2.75, 3.05) is 11.9 Å². The molecule has 6 heteroatoms. The van der Waals surface area contributed by atoms with Gasteiger partial charge in [0.05, 0.1) is 9.50 Å². The number of aromatic nitrogens is 1. The zero-order chi connectivity index (χ0) is 13.8. The Morgan fingerprint density at radius 3 is 2.95 bits per heavy atom. The van der Waals surface area contributed by atoms with E-state index in [1.54, 1.807) is 12.1 Å². The van der Waals surface area contributed by atoms with Crippen LogP contribution in [0.1, 0.15) is 6.92 Å². The van der Waals surface area contributed by atoms with E-state index < -0.39 is 5.82 Å². The van der Waals surface area contributed by atoms with Crippen molar-refractivity contribution in [2.45, 2.75) is 6.92 Å². The van der Waals surface area contributed by atoms with Gasteiger partial charge in [0.2, 0.25) is 5.88 Å². The third-order valence-corrected chi connectivity index (χ3v) is 3.18. The number of benzene rings is 1. The van der Waals surface area contributed by atoms with E-state index in [9.17, 15) is 4.39 Å². The summed E-state index contributed by atoms with van der Waals surface area (Å²) in [4.78, 5) is 4.24. The molecule has 19 heavy (non-hydrogen) atoms. The molecule has 0 aliphatic heterocycles. The minimum absolute atomic E-state index is 0.0357. The molecule has 2 aromatic rings. The summed E-state index contributed by atoms with van der Waals surface area (Å²) in [5.74, 6) is 0.859. The minimum atomic E-state index is -0.539. The Labute approximate surface area is 123 Å².